The summed E-state index contributed by atoms with van der Waals surface area (Å²) in [6.45, 7) is 9.66. The van der Waals surface area contributed by atoms with Gasteiger partial charge in [0.05, 0.1) is 0 Å². The molecule has 124 valence electrons. The molecule has 0 bridgehead atoms. The summed E-state index contributed by atoms with van der Waals surface area (Å²) in [6.07, 6.45) is 13.1. The van der Waals surface area contributed by atoms with E-state index >= 15 is 0 Å². The molecule has 2 rings (SSSR count). The molecule has 0 aliphatic heterocycles. The molecule has 0 saturated heterocycles. The lowest BCUT2D eigenvalue weighted by Crippen LogP contribution is -2.46. The van der Waals surface area contributed by atoms with Gasteiger partial charge in [-0.15, -0.1) is 0 Å². The highest BCUT2D eigenvalue weighted by Gasteiger charge is 2.35. The molecule has 1 N–H and O–H groups in total. The van der Waals surface area contributed by atoms with Gasteiger partial charge in [0.2, 0.25) is 0 Å². The summed E-state index contributed by atoms with van der Waals surface area (Å²) in [7, 11) is 2.38. The number of nitrogens with zero attached hydrogens (tertiary/aromatic N) is 1. The lowest BCUT2D eigenvalue weighted by Gasteiger charge is -2.43. The minimum absolute atomic E-state index is 0.548. The molecule has 2 aliphatic rings. The zero-order valence-electron chi connectivity index (χ0n) is 14.8. The fourth-order valence-corrected chi connectivity index (χ4v) is 4.60. The van der Waals surface area contributed by atoms with Crippen LogP contribution in [-0.4, -0.2) is 38.1 Å². The molecular weight excluding hydrogens is 256 g/mol. The Kier molecular flexibility index (Phi) is 7.01. The van der Waals surface area contributed by atoms with E-state index in [4.69, 9.17) is 0 Å². The predicted molar refractivity (Wildman–Crippen MR) is 92.7 cm³/mol. The van der Waals surface area contributed by atoms with Crippen molar-refractivity contribution in [2.45, 2.75) is 71.6 Å². The topological polar surface area (TPSA) is 15.3 Å². The highest BCUT2D eigenvalue weighted by molar-refractivity contribution is 4.89. The Bertz CT molecular complexity index is 270. The molecule has 0 heterocycles. The second-order valence-electron chi connectivity index (χ2n) is 8.16. The second kappa shape index (κ2) is 8.53. The van der Waals surface area contributed by atoms with Crippen LogP contribution in [0.25, 0.3) is 0 Å². The van der Waals surface area contributed by atoms with Gasteiger partial charge in [-0.05, 0) is 56.5 Å². The third-order valence-electron chi connectivity index (χ3n) is 5.98. The average molecular weight is 295 g/mol. The summed E-state index contributed by atoms with van der Waals surface area (Å²) in [4.78, 5) is 2.67. The van der Waals surface area contributed by atoms with Gasteiger partial charge in [-0.1, -0.05) is 46.0 Å². The minimum Gasteiger partial charge on any atom is -0.316 e. The van der Waals surface area contributed by atoms with Crippen molar-refractivity contribution in [3.63, 3.8) is 0 Å². The monoisotopic (exact) mass is 294 g/mol. The molecule has 0 atom stereocenters. The molecule has 0 unspecified atom stereocenters. The number of rotatable bonds is 7. The standard InChI is InChI=1S/C19H38N2/c1-4-20-15-19(12-10-17(2)11-13-19)16-21(3)14-18-8-6-5-7-9-18/h17-18,20H,4-16H2,1-3H3. The van der Waals surface area contributed by atoms with E-state index in [9.17, 15) is 0 Å². The normalized spacial score (nSPS) is 31.7. The third kappa shape index (κ3) is 5.56. The molecule has 2 fully saturated rings. The van der Waals surface area contributed by atoms with Crippen molar-refractivity contribution < 1.29 is 0 Å². The van der Waals surface area contributed by atoms with Crippen molar-refractivity contribution >= 4 is 0 Å². The van der Waals surface area contributed by atoms with Crippen LogP contribution < -0.4 is 5.32 Å². The van der Waals surface area contributed by atoms with E-state index in [1.807, 2.05) is 0 Å². The van der Waals surface area contributed by atoms with Gasteiger partial charge in [-0.25, -0.2) is 0 Å². The highest BCUT2D eigenvalue weighted by Crippen LogP contribution is 2.39. The maximum atomic E-state index is 3.66. The molecule has 2 nitrogen and oxygen atoms in total. The van der Waals surface area contributed by atoms with Crippen molar-refractivity contribution in [3.8, 4) is 0 Å². The summed E-state index contributed by atoms with van der Waals surface area (Å²) >= 11 is 0. The smallest absolute Gasteiger partial charge is 0.00472 e. The Morgan fingerprint density at radius 1 is 1.05 bits per heavy atom. The SMILES string of the molecule is CCNCC1(CN(C)CC2CCCCC2)CCC(C)CC1. The van der Waals surface area contributed by atoms with Gasteiger partial charge in [0.25, 0.3) is 0 Å². The molecule has 0 radical (unpaired) electrons. The summed E-state index contributed by atoms with van der Waals surface area (Å²) in [5.41, 5.74) is 0.548. The van der Waals surface area contributed by atoms with E-state index in [0.29, 0.717) is 5.41 Å². The van der Waals surface area contributed by atoms with Crippen LogP contribution in [-0.2, 0) is 0 Å². The maximum Gasteiger partial charge on any atom is 0.00472 e. The van der Waals surface area contributed by atoms with Gasteiger partial charge < -0.3 is 10.2 Å². The Hall–Kier alpha value is -0.0800. The van der Waals surface area contributed by atoms with Crippen molar-refractivity contribution in [2.24, 2.45) is 17.3 Å². The number of hydrogen-bond acceptors (Lipinski definition) is 2. The van der Waals surface area contributed by atoms with E-state index in [2.05, 4.69) is 31.1 Å². The molecule has 0 aromatic carbocycles. The Morgan fingerprint density at radius 3 is 2.33 bits per heavy atom. The lowest BCUT2D eigenvalue weighted by molar-refractivity contribution is 0.0878. The highest BCUT2D eigenvalue weighted by atomic mass is 15.1. The van der Waals surface area contributed by atoms with Gasteiger partial charge in [-0.3, -0.25) is 0 Å². The van der Waals surface area contributed by atoms with Crippen molar-refractivity contribution in [2.75, 3.05) is 33.2 Å². The summed E-state index contributed by atoms with van der Waals surface area (Å²) in [5.74, 6) is 1.92. The molecule has 0 spiro atoms. The van der Waals surface area contributed by atoms with E-state index < -0.39 is 0 Å². The van der Waals surface area contributed by atoms with E-state index in [-0.39, 0.29) is 0 Å². The fourth-order valence-electron chi connectivity index (χ4n) is 4.60. The fraction of sp³-hybridized carbons (Fsp3) is 1.00. The van der Waals surface area contributed by atoms with E-state index in [1.54, 1.807) is 0 Å². The number of nitrogens with one attached hydrogen (secondary N) is 1. The summed E-state index contributed by atoms with van der Waals surface area (Å²) in [5, 5.41) is 3.66. The Balaban J connectivity index is 1.84. The van der Waals surface area contributed by atoms with Crippen molar-refractivity contribution in [1.29, 1.82) is 0 Å². The summed E-state index contributed by atoms with van der Waals surface area (Å²) < 4.78 is 0. The Morgan fingerprint density at radius 2 is 1.71 bits per heavy atom. The van der Waals surface area contributed by atoms with Gasteiger partial charge in [-0.2, -0.15) is 0 Å². The first-order valence-electron chi connectivity index (χ1n) is 9.53. The van der Waals surface area contributed by atoms with Crippen LogP contribution in [0, 0.1) is 17.3 Å². The van der Waals surface area contributed by atoms with Crippen LogP contribution in [0.2, 0.25) is 0 Å². The first-order valence-corrected chi connectivity index (χ1v) is 9.53. The minimum atomic E-state index is 0.548. The first-order chi connectivity index (χ1) is 10.1. The zero-order valence-corrected chi connectivity index (χ0v) is 14.8. The summed E-state index contributed by atoms with van der Waals surface area (Å²) in [6, 6.07) is 0. The van der Waals surface area contributed by atoms with Gasteiger partial charge in [0.1, 0.15) is 0 Å². The largest absolute Gasteiger partial charge is 0.316 e. The maximum absolute atomic E-state index is 3.66. The van der Waals surface area contributed by atoms with Gasteiger partial charge in [0.15, 0.2) is 0 Å². The van der Waals surface area contributed by atoms with Crippen LogP contribution >= 0.6 is 0 Å². The molecule has 2 saturated carbocycles. The zero-order chi connectivity index (χ0) is 15.1. The van der Waals surface area contributed by atoms with Crippen LogP contribution in [0.5, 0.6) is 0 Å². The van der Waals surface area contributed by atoms with Crippen LogP contribution in [0.4, 0.5) is 0 Å². The van der Waals surface area contributed by atoms with Crippen molar-refractivity contribution in [3.05, 3.63) is 0 Å². The second-order valence-corrected chi connectivity index (χ2v) is 8.16. The van der Waals surface area contributed by atoms with E-state index in [1.165, 1.54) is 77.4 Å². The number of hydrogen-bond donors (Lipinski definition) is 1. The van der Waals surface area contributed by atoms with Crippen molar-refractivity contribution in [1.82, 2.24) is 10.2 Å². The molecule has 0 amide bonds. The van der Waals surface area contributed by atoms with Crippen LogP contribution in [0.15, 0.2) is 0 Å². The van der Waals surface area contributed by atoms with Gasteiger partial charge >= 0.3 is 0 Å². The lowest BCUT2D eigenvalue weighted by atomic mass is 9.70. The van der Waals surface area contributed by atoms with Gasteiger partial charge in [0, 0.05) is 19.6 Å². The first kappa shape index (κ1) is 17.3. The molecule has 2 heteroatoms. The van der Waals surface area contributed by atoms with Crippen LogP contribution in [0.3, 0.4) is 0 Å². The molecular formula is C19H38N2. The molecule has 0 aromatic heterocycles. The Labute approximate surface area is 133 Å². The van der Waals surface area contributed by atoms with E-state index in [0.717, 1.165) is 18.4 Å². The molecule has 0 aromatic rings. The third-order valence-corrected chi connectivity index (χ3v) is 5.98. The molecule has 21 heavy (non-hydrogen) atoms. The quantitative estimate of drug-likeness (QED) is 0.753. The average Bonchev–Trinajstić information content (AvgIpc) is 2.49. The molecule has 2 aliphatic carbocycles. The predicted octanol–water partition coefficient (Wildman–Crippen LogP) is 4.30. The van der Waals surface area contributed by atoms with Crippen LogP contribution in [0.1, 0.15) is 71.6 Å².